The van der Waals surface area contributed by atoms with E-state index < -0.39 is 0 Å². The molecule has 1 aromatic carbocycles. The van der Waals surface area contributed by atoms with Crippen LogP contribution >= 0.6 is 11.8 Å². The third-order valence-corrected chi connectivity index (χ3v) is 8.87. The van der Waals surface area contributed by atoms with E-state index >= 15 is 0 Å². The summed E-state index contributed by atoms with van der Waals surface area (Å²) in [4.78, 5) is 2.45. The summed E-state index contributed by atoms with van der Waals surface area (Å²) < 4.78 is 8.40. The van der Waals surface area contributed by atoms with E-state index in [2.05, 4.69) is 14.6 Å². The Hall–Kier alpha value is -1.57. The minimum absolute atomic E-state index is 0.301. The van der Waals surface area contributed by atoms with Gasteiger partial charge in [-0.15, -0.1) is 10.2 Å². The van der Waals surface area contributed by atoms with Crippen molar-refractivity contribution >= 4 is 11.8 Å². The largest absolute Gasteiger partial charge is 0.508 e. The highest BCUT2D eigenvalue weighted by molar-refractivity contribution is 7.99. The van der Waals surface area contributed by atoms with Crippen LogP contribution in [0.4, 0.5) is 0 Å². The normalized spacial score (nSPS) is 23.3. The SMILES string of the molecule is Oc1ccccc1CN1CCC(c2nnc(SCC3CCCCC3)n2CC2CCCO2)CC1. The highest BCUT2D eigenvalue weighted by Crippen LogP contribution is 2.34. The van der Waals surface area contributed by atoms with Crippen LogP contribution in [-0.2, 0) is 17.8 Å². The highest BCUT2D eigenvalue weighted by Gasteiger charge is 2.29. The van der Waals surface area contributed by atoms with Crippen LogP contribution in [0.25, 0.3) is 0 Å². The molecule has 3 aliphatic rings. The van der Waals surface area contributed by atoms with Crippen molar-refractivity contribution in [2.45, 2.75) is 88.1 Å². The number of rotatable bonds is 8. The third kappa shape index (κ3) is 5.92. The van der Waals surface area contributed by atoms with E-state index in [1.165, 1.54) is 43.7 Å². The van der Waals surface area contributed by atoms with Crippen LogP contribution in [0.15, 0.2) is 29.4 Å². The van der Waals surface area contributed by atoms with Crippen LogP contribution in [-0.4, -0.2) is 56.3 Å². The van der Waals surface area contributed by atoms with Crippen molar-refractivity contribution in [3.8, 4) is 5.75 Å². The van der Waals surface area contributed by atoms with Gasteiger partial charge in [-0.2, -0.15) is 0 Å². The van der Waals surface area contributed by atoms with Gasteiger partial charge in [0.15, 0.2) is 5.16 Å². The molecule has 0 amide bonds. The molecule has 1 aromatic heterocycles. The molecule has 2 aromatic rings. The number of thioether (sulfide) groups is 1. The quantitative estimate of drug-likeness (QED) is 0.534. The van der Waals surface area contributed by atoms with Gasteiger partial charge in [0.1, 0.15) is 11.6 Å². The Bertz CT molecular complexity index is 884. The summed E-state index contributed by atoms with van der Waals surface area (Å²) in [7, 11) is 0. The molecular formula is C26H38N4O2S. The molecule has 180 valence electrons. The summed E-state index contributed by atoms with van der Waals surface area (Å²) >= 11 is 1.92. The smallest absolute Gasteiger partial charge is 0.191 e. The lowest BCUT2D eigenvalue weighted by atomic mass is 9.91. The van der Waals surface area contributed by atoms with Gasteiger partial charge in [-0.05, 0) is 63.6 Å². The Labute approximate surface area is 202 Å². The Balaban J connectivity index is 1.24. The van der Waals surface area contributed by atoms with Gasteiger partial charge in [0, 0.05) is 30.4 Å². The fourth-order valence-corrected chi connectivity index (χ4v) is 6.79. The molecule has 1 aliphatic carbocycles. The van der Waals surface area contributed by atoms with Crippen LogP contribution in [0.2, 0.25) is 0 Å². The van der Waals surface area contributed by atoms with Crippen LogP contribution in [0, 0.1) is 5.92 Å². The van der Waals surface area contributed by atoms with Crippen molar-refractivity contribution in [2.75, 3.05) is 25.4 Å². The van der Waals surface area contributed by atoms with Crippen LogP contribution < -0.4 is 0 Å². The van der Waals surface area contributed by atoms with E-state index in [-0.39, 0.29) is 0 Å². The molecule has 3 heterocycles. The van der Waals surface area contributed by atoms with E-state index in [1.807, 2.05) is 30.0 Å². The topological polar surface area (TPSA) is 63.4 Å². The monoisotopic (exact) mass is 470 g/mol. The maximum atomic E-state index is 10.1. The molecule has 0 spiro atoms. The first-order chi connectivity index (χ1) is 16.3. The summed E-state index contributed by atoms with van der Waals surface area (Å²) in [5.74, 6) is 4.01. The van der Waals surface area contributed by atoms with E-state index in [9.17, 15) is 5.11 Å². The number of phenolic OH excluding ortho intramolecular Hbond substituents is 1. The van der Waals surface area contributed by atoms with Gasteiger partial charge in [0.2, 0.25) is 0 Å². The summed E-state index contributed by atoms with van der Waals surface area (Å²) in [6.07, 6.45) is 11.7. The van der Waals surface area contributed by atoms with E-state index in [4.69, 9.17) is 9.84 Å². The molecule has 1 unspecified atom stereocenters. The molecule has 7 heteroatoms. The van der Waals surface area contributed by atoms with Crippen LogP contribution in [0.5, 0.6) is 5.75 Å². The zero-order valence-electron chi connectivity index (χ0n) is 19.7. The standard InChI is InChI=1S/C26H38N4O2S/c31-24-11-5-4-9-22(24)17-29-14-12-21(13-15-29)25-27-28-26(30(25)18-23-10-6-16-32-23)33-19-20-7-2-1-3-8-20/h4-5,9,11,20-21,23,31H,1-3,6-8,10,12-19H2. The van der Waals surface area contributed by atoms with E-state index in [0.717, 1.165) is 75.1 Å². The second kappa shape index (κ2) is 11.2. The zero-order valence-corrected chi connectivity index (χ0v) is 20.5. The van der Waals surface area contributed by atoms with Crippen molar-refractivity contribution in [1.82, 2.24) is 19.7 Å². The molecule has 1 N–H and O–H groups in total. The first-order valence-corrected chi connectivity index (χ1v) is 13.9. The predicted octanol–water partition coefficient (Wildman–Crippen LogP) is 5.21. The lowest BCUT2D eigenvalue weighted by Gasteiger charge is -2.32. The zero-order chi connectivity index (χ0) is 22.5. The van der Waals surface area contributed by atoms with Crippen LogP contribution in [0.1, 0.15) is 75.1 Å². The molecule has 1 saturated carbocycles. The minimum atomic E-state index is 0.301. The highest BCUT2D eigenvalue weighted by atomic mass is 32.2. The number of nitrogens with zero attached hydrogens (tertiary/aromatic N) is 4. The molecule has 2 aliphatic heterocycles. The lowest BCUT2D eigenvalue weighted by Crippen LogP contribution is -2.33. The predicted molar refractivity (Wildman–Crippen MR) is 132 cm³/mol. The number of hydrogen-bond donors (Lipinski definition) is 1. The molecular weight excluding hydrogens is 432 g/mol. The number of phenols is 1. The third-order valence-electron chi connectivity index (χ3n) is 7.67. The lowest BCUT2D eigenvalue weighted by molar-refractivity contribution is 0.0931. The number of likely N-dealkylation sites (tertiary alicyclic amines) is 1. The first-order valence-electron chi connectivity index (χ1n) is 12.9. The molecule has 2 saturated heterocycles. The Morgan fingerprint density at radius 2 is 1.79 bits per heavy atom. The second-order valence-electron chi connectivity index (χ2n) is 10.1. The van der Waals surface area contributed by atoms with Gasteiger partial charge < -0.3 is 14.4 Å². The number of para-hydroxylation sites is 1. The number of piperidine rings is 1. The van der Waals surface area contributed by atoms with Gasteiger partial charge in [-0.25, -0.2) is 0 Å². The molecule has 0 radical (unpaired) electrons. The Morgan fingerprint density at radius 3 is 2.55 bits per heavy atom. The van der Waals surface area contributed by atoms with E-state index in [1.54, 1.807) is 6.07 Å². The van der Waals surface area contributed by atoms with Crippen LogP contribution in [0.3, 0.4) is 0 Å². The fraction of sp³-hybridized carbons (Fsp3) is 0.692. The van der Waals surface area contributed by atoms with Crippen molar-refractivity contribution in [2.24, 2.45) is 5.92 Å². The molecule has 3 fully saturated rings. The second-order valence-corrected chi connectivity index (χ2v) is 11.1. The van der Waals surface area contributed by atoms with E-state index in [0.29, 0.717) is 17.8 Å². The summed E-state index contributed by atoms with van der Waals surface area (Å²) in [5.41, 5.74) is 1.01. The first kappa shape index (κ1) is 23.2. The fourth-order valence-electron chi connectivity index (χ4n) is 5.65. The van der Waals surface area contributed by atoms with Crippen molar-refractivity contribution < 1.29 is 9.84 Å². The summed E-state index contributed by atoms with van der Waals surface area (Å²) in [5, 5.41) is 20.7. The number of benzene rings is 1. The number of aromatic nitrogens is 3. The average molecular weight is 471 g/mol. The number of ether oxygens (including phenoxy) is 1. The maximum Gasteiger partial charge on any atom is 0.191 e. The van der Waals surface area contributed by atoms with Gasteiger partial charge in [0.25, 0.3) is 0 Å². The number of hydrogen-bond acceptors (Lipinski definition) is 6. The van der Waals surface area contributed by atoms with Gasteiger partial charge in [-0.1, -0.05) is 49.2 Å². The molecule has 5 rings (SSSR count). The molecule has 1 atom stereocenters. The van der Waals surface area contributed by atoms with Crippen molar-refractivity contribution in [1.29, 1.82) is 0 Å². The molecule has 0 bridgehead atoms. The maximum absolute atomic E-state index is 10.1. The average Bonchev–Trinajstić information content (AvgIpc) is 3.51. The molecule has 33 heavy (non-hydrogen) atoms. The minimum Gasteiger partial charge on any atom is -0.508 e. The molecule has 6 nitrogen and oxygen atoms in total. The van der Waals surface area contributed by atoms with Gasteiger partial charge >= 0.3 is 0 Å². The summed E-state index contributed by atoms with van der Waals surface area (Å²) in [6.45, 7) is 4.64. The Kier molecular flexibility index (Phi) is 7.89. The van der Waals surface area contributed by atoms with Gasteiger partial charge in [0.05, 0.1) is 12.6 Å². The Morgan fingerprint density at radius 1 is 0.970 bits per heavy atom. The van der Waals surface area contributed by atoms with Crippen molar-refractivity contribution in [3.05, 3.63) is 35.7 Å². The van der Waals surface area contributed by atoms with Crippen molar-refractivity contribution in [3.63, 3.8) is 0 Å². The number of aromatic hydroxyl groups is 1. The van der Waals surface area contributed by atoms with Gasteiger partial charge in [-0.3, -0.25) is 4.90 Å². The summed E-state index contributed by atoms with van der Waals surface area (Å²) in [6, 6.07) is 7.69.